The Morgan fingerprint density at radius 1 is 0.318 bits per heavy atom. The SMILES string of the molecule is CC(C)c1ccc(-c2nc(-c3ccc(C(C)C)cc3)nc(-c3cc(-c4nc5ccccc5n4-c4ccccc4C(C)C)cc(-c4nc5ccccc5n4-c4ccccc4C(C)C)c3)n2)cc1. The summed E-state index contributed by atoms with van der Waals surface area (Å²) in [4.78, 5) is 26.7. The molecule has 7 nitrogen and oxygen atoms in total. The van der Waals surface area contributed by atoms with E-state index in [1.54, 1.807) is 0 Å². The highest BCUT2D eigenvalue weighted by Gasteiger charge is 2.24. The van der Waals surface area contributed by atoms with Gasteiger partial charge < -0.3 is 0 Å². The number of aromatic nitrogens is 7. The predicted molar refractivity (Wildman–Crippen MR) is 273 cm³/mol. The molecule has 10 rings (SSSR count). The molecule has 0 bridgehead atoms. The molecule has 0 atom stereocenters. The van der Waals surface area contributed by atoms with Crippen molar-refractivity contribution < 1.29 is 0 Å². The van der Waals surface area contributed by atoms with Crippen LogP contribution in [0.25, 0.3) is 90.4 Å². The van der Waals surface area contributed by atoms with Crippen LogP contribution in [-0.4, -0.2) is 34.1 Å². The lowest BCUT2D eigenvalue weighted by Gasteiger charge is -2.19. The second kappa shape index (κ2) is 17.5. The third-order valence-electron chi connectivity index (χ3n) is 12.7. The van der Waals surface area contributed by atoms with Gasteiger partial charge in [-0.3, -0.25) is 9.13 Å². The van der Waals surface area contributed by atoms with Gasteiger partial charge in [0.1, 0.15) is 11.6 Å². The van der Waals surface area contributed by atoms with E-state index >= 15 is 0 Å². The lowest BCUT2D eigenvalue weighted by Crippen LogP contribution is -2.05. The summed E-state index contributed by atoms with van der Waals surface area (Å²) in [7, 11) is 0. The quantitative estimate of drug-likeness (QED) is 0.129. The largest absolute Gasteiger partial charge is 0.292 e. The maximum atomic E-state index is 5.45. The minimum atomic E-state index is 0.282. The highest BCUT2D eigenvalue weighted by Crippen LogP contribution is 2.40. The van der Waals surface area contributed by atoms with Crippen molar-refractivity contribution in [1.29, 1.82) is 0 Å². The van der Waals surface area contributed by atoms with Crippen molar-refractivity contribution in [2.45, 2.75) is 79.1 Å². The Balaban J connectivity index is 1.29. The third-order valence-corrected chi connectivity index (χ3v) is 12.7. The highest BCUT2D eigenvalue weighted by molar-refractivity contribution is 5.89. The second-order valence-corrected chi connectivity index (χ2v) is 18.6. The van der Waals surface area contributed by atoms with E-state index < -0.39 is 0 Å². The molecule has 326 valence electrons. The lowest BCUT2D eigenvalue weighted by atomic mass is 9.99. The molecule has 66 heavy (non-hydrogen) atoms. The minimum Gasteiger partial charge on any atom is -0.292 e. The molecule has 0 aliphatic rings. The van der Waals surface area contributed by atoms with Crippen molar-refractivity contribution in [3.63, 3.8) is 0 Å². The van der Waals surface area contributed by atoms with E-state index in [2.05, 4.69) is 228 Å². The van der Waals surface area contributed by atoms with Crippen LogP contribution in [0.2, 0.25) is 0 Å². The smallest absolute Gasteiger partial charge is 0.164 e. The average molecular weight is 862 g/mol. The number of hydrogen-bond acceptors (Lipinski definition) is 5. The van der Waals surface area contributed by atoms with E-state index in [4.69, 9.17) is 24.9 Å². The normalized spacial score (nSPS) is 11.9. The Hall–Kier alpha value is -7.51. The van der Waals surface area contributed by atoms with Gasteiger partial charge in [0.15, 0.2) is 17.5 Å². The first-order valence-corrected chi connectivity index (χ1v) is 23.3. The Morgan fingerprint density at radius 2 is 0.667 bits per heavy atom. The predicted octanol–water partition coefficient (Wildman–Crippen LogP) is 15.4. The van der Waals surface area contributed by atoms with Gasteiger partial charge in [0.25, 0.3) is 0 Å². The fraction of sp³-hybridized carbons (Fsp3) is 0.203. The van der Waals surface area contributed by atoms with Gasteiger partial charge in [0, 0.05) is 27.8 Å². The van der Waals surface area contributed by atoms with Crippen molar-refractivity contribution in [1.82, 2.24) is 34.1 Å². The Labute approximate surface area is 388 Å². The number of imidazole rings is 2. The molecule has 0 aliphatic carbocycles. The topological polar surface area (TPSA) is 74.3 Å². The molecule has 7 heteroatoms. The summed E-state index contributed by atoms with van der Waals surface area (Å²) in [6.07, 6.45) is 0. The number of nitrogens with zero attached hydrogens (tertiary/aromatic N) is 7. The number of benzene rings is 7. The summed E-state index contributed by atoms with van der Waals surface area (Å²) >= 11 is 0. The zero-order valence-electron chi connectivity index (χ0n) is 39.0. The zero-order valence-corrected chi connectivity index (χ0v) is 39.0. The molecule has 0 N–H and O–H groups in total. The van der Waals surface area contributed by atoms with Crippen molar-refractivity contribution in [2.75, 3.05) is 0 Å². The van der Waals surface area contributed by atoms with Crippen LogP contribution in [0.15, 0.2) is 164 Å². The molecule has 3 heterocycles. The first-order valence-electron chi connectivity index (χ1n) is 23.3. The van der Waals surface area contributed by atoms with Crippen LogP contribution in [0.5, 0.6) is 0 Å². The van der Waals surface area contributed by atoms with E-state index in [1.807, 2.05) is 0 Å². The first kappa shape index (κ1) is 42.4. The fourth-order valence-corrected chi connectivity index (χ4v) is 9.10. The summed E-state index contributed by atoms with van der Waals surface area (Å²) in [6.45, 7) is 17.8. The average Bonchev–Trinajstić information content (AvgIpc) is 3.93. The van der Waals surface area contributed by atoms with Crippen LogP contribution in [-0.2, 0) is 0 Å². The highest BCUT2D eigenvalue weighted by atomic mass is 15.1. The van der Waals surface area contributed by atoms with E-state index in [0.717, 1.165) is 72.9 Å². The number of para-hydroxylation sites is 6. The molecule has 0 radical (unpaired) electrons. The van der Waals surface area contributed by atoms with Crippen LogP contribution >= 0.6 is 0 Å². The molecule has 0 saturated heterocycles. The van der Waals surface area contributed by atoms with Crippen LogP contribution in [0.4, 0.5) is 0 Å². The van der Waals surface area contributed by atoms with Gasteiger partial charge in [-0.05, 0) is 101 Å². The molecule has 0 saturated carbocycles. The summed E-state index contributed by atoms with van der Waals surface area (Å²) in [6, 6.07) is 58.0. The standard InChI is InChI=1S/C59H55N7/c1-36(2)40-25-29-42(30-26-40)55-62-56(43-31-27-41(28-32-43)37(3)4)64-57(63-55)44-33-45(58-60-49-19-11-15-23-53(49)65(58)51-21-13-9-17-47(51)38(5)6)35-46(34-44)59-61-50-20-12-16-24-54(50)66(59)52-22-14-10-18-48(52)39(7)8/h9-39H,1-8H3. The maximum absolute atomic E-state index is 5.45. The summed E-state index contributed by atoms with van der Waals surface area (Å²) in [5, 5.41) is 0. The molecule has 3 aromatic heterocycles. The monoisotopic (exact) mass is 861 g/mol. The summed E-state index contributed by atoms with van der Waals surface area (Å²) in [5.41, 5.74) is 15.6. The Morgan fingerprint density at radius 3 is 1.06 bits per heavy atom. The number of fused-ring (bicyclic) bond motifs is 2. The van der Waals surface area contributed by atoms with Gasteiger partial charge in [-0.1, -0.05) is 165 Å². The van der Waals surface area contributed by atoms with E-state index in [0.29, 0.717) is 29.3 Å². The van der Waals surface area contributed by atoms with Crippen LogP contribution < -0.4 is 0 Å². The molecular formula is C59H55N7. The van der Waals surface area contributed by atoms with Gasteiger partial charge in [0.2, 0.25) is 0 Å². The van der Waals surface area contributed by atoms with Crippen molar-refractivity contribution in [2.24, 2.45) is 0 Å². The van der Waals surface area contributed by atoms with Gasteiger partial charge in [-0.15, -0.1) is 0 Å². The third kappa shape index (κ3) is 7.89. The maximum Gasteiger partial charge on any atom is 0.164 e. The fourth-order valence-electron chi connectivity index (χ4n) is 9.10. The first-order chi connectivity index (χ1) is 32.0. The van der Waals surface area contributed by atoms with Gasteiger partial charge >= 0.3 is 0 Å². The molecule has 0 aliphatic heterocycles. The lowest BCUT2D eigenvalue weighted by molar-refractivity contribution is 0.850. The van der Waals surface area contributed by atoms with Crippen LogP contribution in [0.3, 0.4) is 0 Å². The van der Waals surface area contributed by atoms with Crippen molar-refractivity contribution in [3.05, 3.63) is 186 Å². The summed E-state index contributed by atoms with van der Waals surface area (Å²) in [5.74, 6) is 4.79. The molecule has 0 fully saturated rings. The van der Waals surface area contributed by atoms with Gasteiger partial charge in [-0.2, -0.15) is 0 Å². The Bertz CT molecular complexity index is 3150. The minimum absolute atomic E-state index is 0.282. The molecular weight excluding hydrogens is 807 g/mol. The van der Waals surface area contributed by atoms with Crippen molar-refractivity contribution in [3.8, 4) is 68.3 Å². The summed E-state index contributed by atoms with van der Waals surface area (Å²) < 4.78 is 4.64. The van der Waals surface area contributed by atoms with Crippen LogP contribution in [0.1, 0.15) is 101 Å². The molecule has 10 aromatic rings. The van der Waals surface area contributed by atoms with Gasteiger partial charge in [-0.25, -0.2) is 24.9 Å². The second-order valence-electron chi connectivity index (χ2n) is 18.6. The van der Waals surface area contributed by atoms with Crippen molar-refractivity contribution >= 4 is 22.1 Å². The molecule has 0 unspecified atom stereocenters. The van der Waals surface area contributed by atoms with E-state index in [9.17, 15) is 0 Å². The molecule has 0 amide bonds. The zero-order chi connectivity index (χ0) is 45.6. The Kier molecular flexibility index (Phi) is 11.2. The van der Waals surface area contributed by atoms with Gasteiger partial charge in [0.05, 0.1) is 33.4 Å². The number of hydrogen-bond donors (Lipinski definition) is 0. The number of rotatable bonds is 11. The van der Waals surface area contributed by atoms with Crippen LogP contribution in [0, 0.1) is 0 Å². The van der Waals surface area contributed by atoms with E-state index in [1.165, 1.54) is 22.3 Å². The molecule has 0 spiro atoms. The molecule has 7 aromatic carbocycles. The van der Waals surface area contributed by atoms with E-state index in [-0.39, 0.29) is 11.8 Å².